The average Bonchev–Trinajstić information content (AvgIpc) is 2.56. The van der Waals surface area contributed by atoms with Gasteiger partial charge in [0.2, 0.25) is 0 Å². The van der Waals surface area contributed by atoms with Gasteiger partial charge >= 0.3 is 0 Å². The topological polar surface area (TPSA) is 70.9 Å². The van der Waals surface area contributed by atoms with E-state index in [1.165, 1.54) is 11.8 Å². The summed E-state index contributed by atoms with van der Waals surface area (Å²) in [6.07, 6.45) is 3.63. The molecule has 5 nitrogen and oxygen atoms in total. The molecule has 0 aliphatic carbocycles. The van der Waals surface area contributed by atoms with E-state index >= 15 is 0 Å². The van der Waals surface area contributed by atoms with Crippen LogP contribution in [-0.2, 0) is 11.2 Å². The number of rotatable bonds is 7. The zero-order valence-corrected chi connectivity index (χ0v) is 13.0. The van der Waals surface area contributed by atoms with E-state index in [4.69, 9.17) is 9.84 Å². The molecule has 1 amide bonds. The second-order valence-corrected chi connectivity index (χ2v) is 5.07. The molecule has 0 atom stereocenters. The van der Waals surface area contributed by atoms with Crippen LogP contribution in [0, 0.1) is 0 Å². The SMILES string of the molecule is CCCc1ccc(OCC(=O)N/N=C/c2ccc(O)cc2)cc1. The fourth-order valence-electron chi connectivity index (χ4n) is 1.96. The summed E-state index contributed by atoms with van der Waals surface area (Å²) in [5, 5.41) is 13.0. The number of ether oxygens (including phenoxy) is 1. The lowest BCUT2D eigenvalue weighted by atomic mass is 10.1. The Morgan fingerprint density at radius 1 is 1.17 bits per heavy atom. The summed E-state index contributed by atoms with van der Waals surface area (Å²) in [5.74, 6) is 0.504. The Bertz CT molecular complexity index is 649. The molecule has 0 spiro atoms. The molecule has 0 aromatic heterocycles. The Hall–Kier alpha value is -2.82. The van der Waals surface area contributed by atoms with Crippen LogP contribution in [0.4, 0.5) is 0 Å². The highest BCUT2D eigenvalue weighted by atomic mass is 16.5. The first-order chi connectivity index (χ1) is 11.2. The summed E-state index contributed by atoms with van der Waals surface area (Å²) in [7, 11) is 0. The van der Waals surface area contributed by atoms with Gasteiger partial charge in [-0.05, 0) is 53.9 Å². The number of benzene rings is 2. The molecule has 2 aromatic carbocycles. The monoisotopic (exact) mass is 312 g/mol. The molecule has 2 aromatic rings. The smallest absolute Gasteiger partial charge is 0.277 e. The Labute approximate surface area is 135 Å². The number of carbonyl (C=O) groups is 1. The van der Waals surface area contributed by atoms with Crippen LogP contribution in [0.15, 0.2) is 53.6 Å². The lowest BCUT2D eigenvalue weighted by Crippen LogP contribution is -2.24. The standard InChI is InChI=1S/C18H20N2O3/c1-2-3-14-6-10-17(11-7-14)23-13-18(22)20-19-12-15-4-8-16(21)9-5-15/h4-12,21H,2-3,13H2,1H3,(H,20,22)/b19-12+. The van der Waals surface area contributed by atoms with Crippen LogP contribution in [-0.4, -0.2) is 23.8 Å². The van der Waals surface area contributed by atoms with Crippen molar-refractivity contribution in [2.75, 3.05) is 6.61 Å². The second kappa shape index (κ2) is 8.58. The number of phenolic OH excluding ortho intramolecular Hbond substituents is 1. The van der Waals surface area contributed by atoms with Crippen molar-refractivity contribution in [1.29, 1.82) is 0 Å². The van der Waals surface area contributed by atoms with Crippen molar-refractivity contribution in [3.05, 3.63) is 59.7 Å². The predicted molar refractivity (Wildman–Crippen MR) is 89.8 cm³/mol. The number of aromatic hydroxyl groups is 1. The number of hydrazone groups is 1. The summed E-state index contributed by atoms with van der Waals surface area (Å²) in [4.78, 5) is 11.6. The van der Waals surface area contributed by atoms with Crippen LogP contribution in [0.5, 0.6) is 11.5 Å². The molecule has 2 rings (SSSR count). The van der Waals surface area contributed by atoms with Gasteiger partial charge in [0.05, 0.1) is 6.21 Å². The number of phenols is 1. The highest BCUT2D eigenvalue weighted by Gasteiger charge is 2.01. The number of hydrogen-bond acceptors (Lipinski definition) is 4. The third kappa shape index (κ3) is 5.82. The van der Waals surface area contributed by atoms with Gasteiger partial charge in [-0.25, -0.2) is 5.43 Å². The van der Waals surface area contributed by atoms with E-state index < -0.39 is 0 Å². The third-order valence-corrected chi connectivity index (χ3v) is 3.13. The average molecular weight is 312 g/mol. The van der Waals surface area contributed by atoms with E-state index in [2.05, 4.69) is 17.5 Å². The summed E-state index contributed by atoms with van der Waals surface area (Å²) in [5.41, 5.74) is 4.42. The molecule has 0 heterocycles. The van der Waals surface area contributed by atoms with Gasteiger partial charge in [-0.15, -0.1) is 0 Å². The lowest BCUT2D eigenvalue weighted by molar-refractivity contribution is -0.123. The van der Waals surface area contributed by atoms with Crippen molar-refractivity contribution in [3.63, 3.8) is 0 Å². The molecule has 0 aliphatic rings. The molecule has 5 heteroatoms. The van der Waals surface area contributed by atoms with Crippen molar-refractivity contribution >= 4 is 12.1 Å². The molecule has 0 bridgehead atoms. The molecule has 0 radical (unpaired) electrons. The molecule has 0 fully saturated rings. The normalized spacial score (nSPS) is 10.7. The van der Waals surface area contributed by atoms with Gasteiger partial charge in [-0.1, -0.05) is 25.5 Å². The maximum Gasteiger partial charge on any atom is 0.277 e. The first-order valence-corrected chi connectivity index (χ1v) is 7.50. The van der Waals surface area contributed by atoms with Gasteiger partial charge in [-0.2, -0.15) is 5.10 Å². The van der Waals surface area contributed by atoms with Gasteiger partial charge in [-0.3, -0.25) is 4.79 Å². The molecule has 0 unspecified atom stereocenters. The molecular formula is C18H20N2O3. The molecular weight excluding hydrogens is 292 g/mol. The number of carbonyl (C=O) groups excluding carboxylic acids is 1. The first-order valence-electron chi connectivity index (χ1n) is 7.50. The maximum absolute atomic E-state index is 11.6. The number of aryl methyl sites for hydroxylation is 1. The summed E-state index contributed by atoms with van der Waals surface area (Å²) in [6.45, 7) is 2.04. The highest BCUT2D eigenvalue weighted by Crippen LogP contribution is 2.13. The van der Waals surface area contributed by atoms with Crippen LogP contribution in [0.3, 0.4) is 0 Å². The van der Waals surface area contributed by atoms with Crippen molar-refractivity contribution in [1.82, 2.24) is 5.43 Å². The van der Waals surface area contributed by atoms with Crippen LogP contribution >= 0.6 is 0 Å². The van der Waals surface area contributed by atoms with Crippen LogP contribution < -0.4 is 10.2 Å². The molecule has 120 valence electrons. The molecule has 23 heavy (non-hydrogen) atoms. The highest BCUT2D eigenvalue weighted by molar-refractivity contribution is 5.83. The van der Waals surface area contributed by atoms with Crippen LogP contribution in [0.25, 0.3) is 0 Å². The summed E-state index contributed by atoms with van der Waals surface area (Å²) >= 11 is 0. The van der Waals surface area contributed by atoms with Crippen molar-refractivity contribution in [3.8, 4) is 11.5 Å². The lowest BCUT2D eigenvalue weighted by Gasteiger charge is -2.06. The molecule has 0 aliphatic heterocycles. The fraction of sp³-hybridized carbons (Fsp3) is 0.222. The third-order valence-electron chi connectivity index (χ3n) is 3.13. The van der Waals surface area contributed by atoms with E-state index in [9.17, 15) is 4.79 Å². The molecule has 2 N–H and O–H groups in total. The fourth-order valence-corrected chi connectivity index (χ4v) is 1.96. The van der Waals surface area contributed by atoms with E-state index in [-0.39, 0.29) is 18.3 Å². The zero-order chi connectivity index (χ0) is 16.5. The predicted octanol–water partition coefficient (Wildman–Crippen LogP) is 2.87. The van der Waals surface area contributed by atoms with Crippen molar-refractivity contribution in [2.24, 2.45) is 5.10 Å². The van der Waals surface area contributed by atoms with Gasteiger partial charge < -0.3 is 9.84 Å². The van der Waals surface area contributed by atoms with Gasteiger partial charge in [0.15, 0.2) is 6.61 Å². The van der Waals surface area contributed by atoms with Gasteiger partial charge in [0.1, 0.15) is 11.5 Å². The Morgan fingerprint density at radius 2 is 1.87 bits per heavy atom. The Kier molecular flexibility index (Phi) is 6.17. The Morgan fingerprint density at radius 3 is 2.52 bits per heavy atom. The van der Waals surface area contributed by atoms with Crippen molar-refractivity contribution in [2.45, 2.75) is 19.8 Å². The van der Waals surface area contributed by atoms with Crippen LogP contribution in [0.1, 0.15) is 24.5 Å². The number of hydrogen-bond donors (Lipinski definition) is 2. The number of amides is 1. The van der Waals surface area contributed by atoms with E-state index in [1.807, 2.05) is 24.3 Å². The largest absolute Gasteiger partial charge is 0.508 e. The Balaban J connectivity index is 1.75. The van der Waals surface area contributed by atoms with E-state index in [0.717, 1.165) is 18.4 Å². The molecule has 0 saturated carbocycles. The van der Waals surface area contributed by atoms with Crippen molar-refractivity contribution < 1.29 is 14.6 Å². The quantitative estimate of drug-likeness (QED) is 0.610. The van der Waals surface area contributed by atoms with E-state index in [0.29, 0.717) is 5.75 Å². The van der Waals surface area contributed by atoms with Gasteiger partial charge in [0, 0.05) is 0 Å². The first kappa shape index (κ1) is 16.5. The minimum Gasteiger partial charge on any atom is -0.508 e. The minimum absolute atomic E-state index is 0.0972. The maximum atomic E-state index is 11.6. The number of nitrogens with one attached hydrogen (secondary N) is 1. The van der Waals surface area contributed by atoms with Gasteiger partial charge in [0.25, 0.3) is 5.91 Å². The zero-order valence-electron chi connectivity index (χ0n) is 13.0. The minimum atomic E-state index is -0.335. The summed E-state index contributed by atoms with van der Waals surface area (Å²) < 4.78 is 5.40. The summed E-state index contributed by atoms with van der Waals surface area (Å²) in [6, 6.07) is 14.2. The second-order valence-electron chi connectivity index (χ2n) is 5.07. The number of nitrogens with zero attached hydrogens (tertiary/aromatic N) is 1. The molecule has 0 saturated heterocycles. The van der Waals surface area contributed by atoms with E-state index in [1.54, 1.807) is 24.3 Å². The van der Waals surface area contributed by atoms with Crippen LogP contribution in [0.2, 0.25) is 0 Å².